The molecular formula is C38H31Cl2F3N2O5. The number of methoxy groups -OCH3 is 1. The summed E-state index contributed by atoms with van der Waals surface area (Å²) in [5.74, 6) is -0.911. The van der Waals surface area contributed by atoms with E-state index < -0.39 is 23.3 Å². The smallest absolute Gasteiger partial charge is 0.416 e. The fourth-order valence-electron chi connectivity index (χ4n) is 5.30. The first-order valence-electron chi connectivity index (χ1n) is 15.3. The maximum atomic E-state index is 14.0. The van der Waals surface area contributed by atoms with Gasteiger partial charge in [-0.25, -0.2) is 9.78 Å². The molecule has 0 aliphatic heterocycles. The molecule has 1 aromatic heterocycles. The van der Waals surface area contributed by atoms with Gasteiger partial charge in [-0.2, -0.15) is 13.2 Å². The molecule has 0 aliphatic carbocycles. The number of esters is 1. The molecule has 258 valence electrons. The first-order valence-corrected chi connectivity index (χ1v) is 16.1. The Labute approximate surface area is 296 Å². The summed E-state index contributed by atoms with van der Waals surface area (Å²) in [5, 5.41) is 10.0. The van der Waals surface area contributed by atoms with Gasteiger partial charge in [0.25, 0.3) is 0 Å². The van der Waals surface area contributed by atoms with Gasteiger partial charge in [0.15, 0.2) is 0 Å². The third-order valence-electron chi connectivity index (χ3n) is 7.68. The average Bonchev–Trinajstić information content (AvgIpc) is 3.45. The van der Waals surface area contributed by atoms with Crippen molar-refractivity contribution in [1.29, 1.82) is 0 Å². The molecule has 12 heteroatoms. The Morgan fingerprint density at radius 3 is 2.26 bits per heavy atom. The molecule has 0 bridgehead atoms. The van der Waals surface area contributed by atoms with E-state index in [0.29, 0.717) is 44.5 Å². The Morgan fingerprint density at radius 2 is 1.62 bits per heavy atom. The van der Waals surface area contributed by atoms with Crippen molar-refractivity contribution < 1.29 is 37.3 Å². The number of halogens is 5. The van der Waals surface area contributed by atoms with Crippen LogP contribution in [0.3, 0.4) is 0 Å². The lowest BCUT2D eigenvalue weighted by Gasteiger charge is -2.15. The molecule has 0 aliphatic rings. The summed E-state index contributed by atoms with van der Waals surface area (Å²) in [6, 6.07) is 20.9. The SMILES string of the molecule is COc1cc(-c2ccc(/C=C/c3nc(-c4ccc(Cl)cc4Cl)cn3Cc3ccc(C(=O)O)cc3C(F)(F)F)cc2)ccc1CC(=O)OC(C)C. The topological polar surface area (TPSA) is 90.7 Å². The number of benzene rings is 4. The van der Waals surface area contributed by atoms with Gasteiger partial charge in [-0.3, -0.25) is 4.79 Å². The molecule has 0 amide bonds. The Hall–Kier alpha value is -5.06. The van der Waals surface area contributed by atoms with Crippen LogP contribution < -0.4 is 4.74 Å². The number of ether oxygens (including phenoxy) is 2. The summed E-state index contributed by atoms with van der Waals surface area (Å²) in [6.07, 6.45) is 0.115. The van der Waals surface area contributed by atoms with Gasteiger partial charge < -0.3 is 19.1 Å². The monoisotopic (exact) mass is 722 g/mol. The molecule has 0 fully saturated rings. The fourth-order valence-corrected chi connectivity index (χ4v) is 5.80. The van der Waals surface area contributed by atoms with Crippen molar-refractivity contribution in [2.45, 2.75) is 39.1 Å². The lowest BCUT2D eigenvalue weighted by Crippen LogP contribution is -2.14. The number of aromatic carboxylic acids is 1. The Balaban J connectivity index is 1.45. The summed E-state index contributed by atoms with van der Waals surface area (Å²) < 4.78 is 54.5. The minimum absolute atomic E-state index is 0.0816. The first-order chi connectivity index (χ1) is 23.7. The molecule has 0 saturated carbocycles. The van der Waals surface area contributed by atoms with E-state index in [1.165, 1.54) is 7.11 Å². The molecule has 5 rings (SSSR count). The number of carbonyl (C=O) groups is 2. The van der Waals surface area contributed by atoms with Crippen LogP contribution >= 0.6 is 23.2 Å². The van der Waals surface area contributed by atoms with Gasteiger partial charge in [-0.1, -0.05) is 71.7 Å². The normalized spacial score (nSPS) is 11.7. The van der Waals surface area contributed by atoms with Gasteiger partial charge >= 0.3 is 18.1 Å². The van der Waals surface area contributed by atoms with Crippen LogP contribution in [0.2, 0.25) is 10.0 Å². The van der Waals surface area contributed by atoms with Gasteiger partial charge in [0.05, 0.1) is 41.5 Å². The van der Waals surface area contributed by atoms with E-state index in [0.717, 1.165) is 28.8 Å². The molecule has 7 nitrogen and oxygen atoms in total. The summed E-state index contributed by atoms with van der Waals surface area (Å²) in [6.45, 7) is 3.33. The maximum absolute atomic E-state index is 14.0. The zero-order chi connectivity index (χ0) is 36.2. The lowest BCUT2D eigenvalue weighted by atomic mass is 10.0. The first kappa shape index (κ1) is 36.2. The number of aromatic nitrogens is 2. The number of imidazole rings is 1. The van der Waals surface area contributed by atoms with Crippen molar-refractivity contribution in [3.05, 3.63) is 129 Å². The van der Waals surface area contributed by atoms with Crippen molar-refractivity contribution in [3.63, 3.8) is 0 Å². The predicted octanol–water partition coefficient (Wildman–Crippen LogP) is 9.96. The molecule has 0 radical (unpaired) electrons. The zero-order valence-corrected chi connectivity index (χ0v) is 28.6. The van der Waals surface area contributed by atoms with E-state index in [2.05, 4.69) is 4.98 Å². The number of nitrogens with zero attached hydrogens (tertiary/aromatic N) is 2. The van der Waals surface area contributed by atoms with E-state index in [-0.39, 0.29) is 30.6 Å². The molecular weight excluding hydrogens is 692 g/mol. The highest BCUT2D eigenvalue weighted by molar-refractivity contribution is 6.36. The summed E-state index contributed by atoms with van der Waals surface area (Å²) in [7, 11) is 1.54. The highest BCUT2D eigenvalue weighted by Crippen LogP contribution is 2.35. The molecule has 50 heavy (non-hydrogen) atoms. The van der Waals surface area contributed by atoms with Crippen LogP contribution in [-0.4, -0.2) is 39.8 Å². The van der Waals surface area contributed by atoms with Gasteiger partial charge in [0.2, 0.25) is 0 Å². The number of carboxylic acid groups (broad SMARTS) is 1. The Kier molecular flexibility index (Phi) is 11.0. The predicted molar refractivity (Wildman–Crippen MR) is 187 cm³/mol. The second-order valence-corrected chi connectivity index (χ2v) is 12.5. The van der Waals surface area contributed by atoms with Gasteiger partial charge in [0.1, 0.15) is 11.6 Å². The average molecular weight is 724 g/mol. The van der Waals surface area contributed by atoms with Crippen molar-refractivity contribution >= 4 is 47.3 Å². The van der Waals surface area contributed by atoms with Crippen molar-refractivity contribution in [2.75, 3.05) is 7.11 Å². The third-order valence-corrected chi connectivity index (χ3v) is 8.22. The molecule has 5 aromatic rings. The number of carboxylic acids is 1. The van der Waals surface area contributed by atoms with Crippen molar-refractivity contribution in [3.8, 4) is 28.1 Å². The van der Waals surface area contributed by atoms with E-state index in [1.807, 2.05) is 42.5 Å². The zero-order valence-electron chi connectivity index (χ0n) is 27.1. The second kappa shape index (κ2) is 15.2. The largest absolute Gasteiger partial charge is 0.496 e. The van der Waals surface area contributed by atoms with Crippen LogP contribution in [0.25, 0.3) is 34.5 Å². The van der Waals surface area contributed by atoms with E-state index >= 15 is 0 Å². The molecule has 0 spiro atoms. The number of hydrogen-bond donors (Lipinski definition) is 1. The second-order valence-electron chi connectivity index (χ2n) is 11.6. The summed E-state index contributed by atoms with van der Waals surface area (Å²) in [5.41, 5.74) is 2.54. The minimum atomic E-state index is -4.79. The van der Waals surface area contributed by atoms with E-state index in [4.69, 9.17) is 32.7 Å². The highest BCUT2D eigenvalue weighted by Gasteiger charge is 2.34. The highest BCUT2D eigenvalue weighted by atomic mass is 35.5. The molecule has 1 heterocycles. The molecule has 0 unspecified atom stereocenters. The summed E-state index contributed by atoms with van der Waals surface area (Å²) in [4.78, 5) is 28.3. The standard InChI is InChI=1S/C38H31Cl2F3N2O5/c1-22(2)50-36(46)18-26-10-9-25(17-34(26)49-3)24-7-4-23(5-8-24)6-15-35-44-33(30-14-13-29(39)19-32(30)40)21-45(35)20-28-12-11-27(37(47)48)16-31(28)38(41,42)43/h4-17,19,21-22H,18,20H2,1-3H3,(H,47,48)/b15-6+. The third kappa shape index (κ3) is 8.74. The van der Waals surface area contributed by atoms with Crippen LogP contribution in [-0.2, 0) is 28.7 Å². The van der Waals surface area contributed by atoms with Crippen LogP contribution in [0, 0.1) is 0 Å². The van der Waals surface area contributed by atoms with Crippen LogP contribution in [0.4, 0.5) is 13.2 Å². The fraction of sp³-hybridized carbons (Fsp3) is 0.184. The molecule has 1 N–H and O–H groups in total. The van der Waals surface area contributed by atoms with E-state index in [1.54, 1.807) is 55.0 Å². The van der Waals surface area contributed by atoms with Gasteiger partial charge in [0, 0.05) is 28.9 Å². The number of rotatable bonds is 11. The Bertz CT molecular complexity index is 2070. The maximum Gasteiger partial charge on any atom is 0.416 e. The van der Waals surface area contributed by atoms with Crippen LogP contribution in [0.5, 0.6) is 5.75 Å². The van der Waals surface area contributed by atoms with Gasteiger partial charge in [-0.05, 0) is 78.6 Å². The van der Waals surface area contributed by atoms with Gasteiger partial charge in [-0.15, -0.1) is 0 Å². The van der Waals surface area contributed by atoms with Crippen LogP contribution in [0.15, 0.2) is 85.1 Å². The number of hydrogen-bond acceptors (Lipinski definition) is 5. The Morgan fingerprint density at radius 1 is 0.920 bits per heavy atom. The number of carbonyl (C=O) groups excluding carboxylic acids is 1. The van der Waals surface area contributed by atoms with Crippen LogP contribution in [0.1, 0.15) is 52.3 Å². The summed E-state index contributed by atoms with van der Waals surface area (Å²) >= 11 is 12.5. The molecule has 4 aromatic carbocycles. The quantitative estimate of drug-likeness (QED) is 0.137. The molecule has 0 saturated heterocycles. The van der Waals surface area contributed by atoms with E-state index in [9.17, 15) is 27.9 Å². The number of alkyl halides is 3. The van der Waals surface area contributed by atoms with Crippen molar-refractivity contribution in [1.82, 2.24) is 9.55 Å². The van der Waals surface area contributed by atoms with Crippen molar-refractivity contribution in [2.24, 2.45) is 0 Å². The molecule has 0 atom stereocenters. The lowest BCUT2D eigenvalue weighted by molar-refractivity contribution is -0.146. The minimum Gasteiger partial charge on any atom is -0.496 e.